The Balaban J connectivity index is 1.40. The van der Waals surface area contributed by atoms with Gasteiger partial charge in [0.1, 0.15) is 16.5 Å². The number of carbonyl (C=O) groups excluding carboxylic acids is 1. The number of thiazole rings is 1. The highest BCUT2D eigenvalue weighted by atomic mass is 35.5. The molecule has 1 aliphatic rings. The summed E-state index contributed by atoms with van der Waals surface area (Å²) in [6, 6.07) is 11.4. The van der Waals surface area contributed by atoms with Gasteiger partial charge in [0.25, 0.3) is 0 Å². The Morgan fingerprint density at radius 3 is 2.61 bits per heavy atom. The Hall–Kier alpha value is -2.99. The van der Waals surface area contributed by atoms with Gasteiger partial charge in [0.15, 0.2) is 5.13 Å². The van der Waals surface area contributed by atoms with Crippen LogP contribution in [0.25, 0.3) is 10.2 Å². The molecule has 1 aliphatic heterocycles. The molecule has 38 heavy (non-hydrogen) atoms. The number of halogens is 3. The molecule has 12 heteroatoms. The number of sulfonamides is 1. The van der Waals surface area contributed by atoms with E-state index in [9.17, 15) is 22.0 Å². The van der Waals surface area contributed by atoms with Crippen LogP contribution in [0.4, 0.5) is 13.9 Å². The first-order chi connectivity index (χ1) is 18.1. The molecule has 2 aromatic heterocycles. The fourth-order valence-electron chi connectivity index (χ4n) is 4.48. The van der Waals surface area contributed by atoms with E-state index in [1.54, 1.807) is 23.2 Å². The number of carbonyl (C=O) groups is 1. The number of fused-ring (bicyclic) bond motifs is 1. The quantitative estimate of drug-likeness (QED) is 0.300. The minimum Gasteiger partial charge on any atom is -0.282 e. The van der Waals surface area contributed by atoms with Crippen molar-refractivity contribution < 1.29 is 22.0 Å². The predicted molar refractivity (Wildman–Crippen MR) is 143 cm³/mol. The third-order valence-electron chi connectivity index (χ3n) is 6.54. The molecule has 0 aliphatic carbocycles. The number of hydrogen-bond acceptors (Lipinski definition) is 6. The lowest BCUT2D eigenvalue weighted by Crippen LogP contribution is -2.44. The summed E-state index contributed by atoms with van der Waals surface area (Å²) in [6.45, 7) is 2.10. The van der Waals surface area contributed by atoms with Gasteiger partial charge in [-0.2, -0.15) is 4.31 Å². The highest BCUT2D eigenvalue weighted by Gasteiger charge is 2.36. The summed E-state index contributed by atoms with van der Waals surface area (Å²) in [5, 5.41) is 1.02. The topological polar surface area (TPSA) is 83.5 Å². The summed E-state index contributed by atoms with van der Waals surface area (Å²) in [5.74, 6) is -2.56. The molecule has 4 aromatic rings. The lowest BCUT2D eigenvalue weighted by molar-refractivity contribution is -0.123. The van der Waals surface area contributed by atoms with E-state index in [1.165, 1.54) is 11.3 Å². The number of pyridine rings is 1. The SMILES string of the molecule is Cc1ccc(Cl)c2sc(N(Cc3ccccn3)C(=O)C3CCN(S(=O)(=O)c4cc(F)ccc4F)CC3)nc12. The van der Waals surface area contributed by atoms with Crippen molar-refractivity contribution in [1.29, 1.82) is 0 Å². The van der Waals surface area contributed by atoms with Gasteiger partial charge in [-0.3, -0.25) is 14.7 Å². The molecular weight excluding hydrogens is 554 g/mol. The Morgan fingerprint density at radius 2 is 1.92 bits per heavy atom. The van der Waals surface area contributed by atoms with Crippen LogP contribution in [0.15, 0.2) is 59.6 Å². The standard InChI is InChI=1S/C26H23ClF2N4O3S2/c1-16-5-7-20(27)24-23(16)31-26(37-24)33(15-19-4-2-3-11-30-19)25(34)17-9-12-32(13-10-17)38(35,36)22-14-18(28)6-8-21(22)29/h2-8,11,14,17H,9-10,12-13,15H2,1H3. The van der Waals surface area contributed by atoms with Crippen LogP contribution in [0.2, 0.25) is 5.02 Å². The second-order valence-electron chi connectivity index (χ2n) is 9.04. The number of anilines is 1. The van der Waals surface area contributed by atoms with E-state index in [2.05, 4.69) is 4.98 Å². The van der Waals surface area contributed by atoms with Crippen molar-refractivity contribution in [3.8, 4) is 0 Å². The normalized spacial score (nSPS) is 15.2. The van der Waals surface area contributed by atoms with Crippen LogP contribution in [-0.2, 0) is 21.4 Å². The zero-order chi connectivity index (χ0) is 27.0. The lowest BCUT2D eigenvalue weighted by Gasteiger charge is -2.33. The van der Waals surface area contributed by atoms with Gasteiger partial charge in [-0.05, 0) is 61.7 Å². The molecule has 0 radical (unpaired) electrons. The monoisotopic (exact) mass is 576 g/mol. The largest absolute Gasteiger partial charge is 0.282 e. The number of benzene rings is 2. The van der Waals surface area contributed by atoms with Gasteiger partial charge in [-0.1, -0.05) is 35.1 Å². The Morgan fingerprint density at radius 1 is 1.16 bits per heavy atom. The Kier molecular flexibility index (Phi) is 7.45. The molecule has 1 amide bonds. The number of amides is 1. The number of piperidine rings is 1. The molecule has 0 unspecified atom stereocenters. The minimum absolute atomic E-state index is 0.00307. The van der Waals surface area contributed by atoms with E-state index in [1.807, 2.05) is 25.1 Å². The van der Waals surface area contributed by atoms with Crippen LogP contribution < -0.4 is 4.90 Å². The summed E-state index contributed by atoms with van der Waals surface area (Å²) < 4.78 is 55.7. The van der Waals surface area contributed by atoms with E-state index < -0.39 is 32.5 Å². The van der Waals surface area contributed by atoms with Crippen molar-refractivity contribution in [2.75, 3.05) is 18.0 Å². The van der Waals surface area contributed by atoms with Crippen LogP contribution in [0.1, 0.15) is 24.1 Å². The third-order valence-corrected chi connectivity index (χ3v) is 10.00. The first-order valence-corrected chi connectivity index (χ1v) is 14.5. The van der Waals surface area contributed by atoms with Crippen molar-refractivity contribution in [2.45, 2.75) is 31.2 Å². The molecule has 0 bridgehead atoms. The molecule has 1 fully saturated rings. The minimum atomic E-state index is -4.25. The van der Waals surface area contributed by atoms with Gasteiger partial charge in [0, 0.05) is 25.2 Å². The lowest BCUT2D eigenvalue weighted by atomic mass is 9.96. The zero-order valence-corrected chi connectivity index (χ0v) is 22.7. The van der Waals surface area contributed by atoms with Gasteiger partial charge in [0.05, 0.1) is 27.5 Å². The summed E-state index contributed by atoms with van der Waals surface area (Å²) in [5.41, 5.74) is 2.32. The Labute approximate surface area is 227 Å². The van der Waals surface area contributed by atoms with Crippen molar-refractivity contribution in [3.63, 3.8) is 0 Å². The van der Waals surface area contributed by atoms with Crippen molar-refractivity contribution in [2.24, 2.45) is 5.92 Å². The molecule has 3 heterocycles. The van der Waals surface area contributed by atoms with Crippen LogP contribution in [0.3, 0.4) is 0 Å². The van der Waals surface area contributed by atoms with Crippen LogP contribution in [-0.4, -0.2) is 41.7 Å². The fourth-order valence-corrected chi connectivity index (χ4v) is 7.34. The maximum atomic E-state index is 14.2. The molecule has 0 N–H and O–H groups in total. The second-order valence-corrected chi connectivity index (χ2v) is 12.3. The van der Waals surface area contributed by atoms with E-state index in [0.717, 1.165) is 26.7 Å². The number of aryl methyl sites for hydroxylation is 1. The zero-order valence-electron chi connectivity index (χ0n) is 20.3. The van der Waals surface area contributed by atoms with Crippen LogP contribution in [0.5, 0.6) is 0 Å². The van der Waals surface area contributed by atoms with E-state index in [-0.39, 0.29) is 38.4 Å². The number of hydrogen-bond donors (Lipinski definition) is 0. The van der Waals surface area contributed by atoms with E-state index >= 15 is 0 Å². The maximum Gasteiger partial charge on any atom is 0.246 e. The summed E-state index contributed by atoms with van der Waals surface area (Å²) in [7, 11) is -4.25. The molecule has 0 atom stereocenters. The molecule has 5 rings (SSSR count). The van der Waals surface area contributed by atoms with Crippen LogP contribution >= 0.6 is 22.9 Å². The predicted octanol–water partition coefficient (Wildman–Crippen LogP) is 5.57. The van der Waals surface area contributed by atoms with E-state index in [0.29, 0.717) is 27.4 Å². The summed E-state index contributed by atoms with van der Waals surface area (Å²) >= 11 is 7.72. The van der Waals surface area contributed by atoms with E-state index in [4.69, 9.17) is 16.6 Å². The van der Waals surface area contributed by atoms with Gasteiger partial charge in [0.2, 0.25) is 15.9 Å². The molecule has 7 nitrogen and oxygen atoms in total. The highest BCUT2D eigenvalue weighted by Crippen LogP contribution is 2.37. The average molecular weight is 577 g/mol. The second kappa shape index (κ2) is 10.6. The number of aromatic nitrogens is 2. The van der Waals surface area contributed by atoms with Crippen molar-refractivity contribution in [3.05, 3.63) is 82.6 Å². The van der Waals surface area contributed by atoms with Crippen LogP contribution in [0, 0.1) is 24.5 Å². The first-order valence-electron chi connectivity index (χ1n) is 11.9. The van der Waals surface area contributed by atoms with Gasteiger partial charge >= 0.3 is 0 Å². The number of rotatable bonds is 6. The van der Waals surface area contributed by atoms with Gasteiger partial charge in [-0.15, -0.1) is 0 Å². The molecule has 0 spiro atoms. The van der Waals surface area contributed by atoms with Gasteiger partial charge in [-0.25, -0.2) is 22.2 Å². The number of nitrogens with zero attached hydrogens (tertiary/aromatic N) is 4. The maximum absolute atomic E-state index is 14.2. The molecular formula is C26H23ClF2N4O3S2. The summed E-state index contributed by atoms with van der Waals surface area (Å²) in [6.07, 6.45) is 2.09. The fraction of sp³-hybridized carbons (Fsp3) is 0.269. The van der Waals surface area contributed by atoms with Crippen molar-refractivity contribution in [1.82, 2.24) is 14.3 Å². The van der Waals surface area contributed by atoms with Crippen molar-refractivity contribution >= 4 is 54.2 Å². The smallest absolute Gasteiger partial charge is 0.246 e. The summed E-state index contributed by atoms with van der Waals surface area (Å²) in [4.78, 5) is 23.8. The van der Waals surface area contributed by atoms with Gasteiger partial charge < -0.3 is 0 Å². The molecule has 2 aromatic carbocycles. The molecule has 198 valence electrons. The molecule has 0 saturated carbocycles. The Bertz CT molecular complexity index is 1570. The first kappa shape index (κ1) is 26.6. The third kappa shape index (κ3) is 5.15. The molecule has 1 saturated heterocycles. The average Bonchev–Trinajstić information content (AvgIpc) is 3.38. The highest BCUT2D eigenvalue weighted by molar-refractivity contribution is 7.89.